The summed E-state index contributed by atoms with van der Waals surface area (Å²) in [5.41, 5.74) is -0.730. The molecule has 1 saturated heterocycles. The Bertz CT molecular complexity index is 813. The van der Waals surface area contributed by atoms with Crippen molar-refractivity contribution in [1.29, 1.82) is 0 Å². The molecule has 1 fully saturated rings. The van der Waals surface area contributed by atoms with E-state index in [1.165, 1.54) is 18.2 Å². The number of nitrogens with zero attached hydrogens (tertiary/aromatic N) is 1. The molecule has 0 atom stereocenters. The molecule has 1 aliphatic heterocycles. The van der Waals surface area contributed by atoms with Crippen molar-refractivity contribution in [1.82, 2.24) is 10.2 Å². The molecule has 2 amide bonds. The average molecular weight is 376 g/mol. The van der Waals surface area contributed by atoms with Gasteiger partial charge in [-0.2, -0.15) is 13.2 Å². The number of amides is 2. The number of carbonyl (C=O) groups is 2. The summed E-state index contributed by atoms with van der Waals surface area (Å²) in [6.07, 6.45) is -3.59. The normalized spacial score (nSPS) is 15.4. The zero-order valence-corrected chi connectivity index (χ0v) is 14.5. The van der Waals surface area contributed by atoms with Crippen LogP contribution in [0.3, 0.4) is 0 Å². The maximum absolute atomic E-state index is 13.1. The molecule has 0 saturated carbocycles. The van der Waals surface area contributed by atoms with Crippen LogP contribution in [-0.4, -0.2) is 35.8 Å². The second-order valence-electron chi connectivity index (χ2n) is 6.45. The van der Waals surface area contributed by atoms with Crippen LogP contribution >= 0.6 is 0 Å². The summed E-state index contributed by atoms with van der Waals surface area (Å²) in [5.74, 6) is -0.821. The SMILES string of the molecule is O=C(NC1CCN(C(=O)c2ccccc2)CC1)c1ccccc1C(F)(F)F. The lowest BCUT2D eigenvalue weighted by molar-refractivity contribution is -0.137. The van der Waals surface area contributed by atoms with Crippen molar-refractivity contribution in [3.8, 4) is 0 Å². The lowest BCUT2D eigenvalue weighted by Crippen LogP contribution is -2.46. The number of carbonyl (C=O) groups excluding carboxylic acids is 2. The second-order valence-corrected chi connectivity index (χ2v) is 6.45. The predicted molar refractivity (Wildman–Crippen MR) is 94.3 cm³/mol. The highest BCUT2D eigenvalue weighted by Crippen LogP contribution is 2.32. The summed E-state index contributed by atoms with van der Waals surface area (Å²) in [6.45, 7) is 0.888. The Balaban J connectivity index is 1.60. The molecule has 0 radical (unpaired) electrons. The zero-order chi connectivity index (χ0) is 19.4. The van der Waals surface area contributed by atoms with Gasteiger partial charge in [0.15, 0.2) is 0 Å². The van der Waals surface area contributed by atoms with Gasteiger partial charge in [-0.05, 0) is 37.1 Å². The van der Waals surface area contributed by atoms with E-state index in [4.69, 9.17) is 0 Å². The van der Waals surface area contributed by atoms with E-state index in [9.17, 15) is 22.8 Å². The van der Waals surface area contributed by atoms with E-state index in [2.05, 4.69) is 5.32 Å². The highest BCUT2D eigenvalue weighted by molar-refractivity contribution is 5.96. The fraction of sp³-hybridized carbons (Fsp3) is 0.300. The molecule has 27 heavy (non-hydrogen) atoms. The maximum Gasteiger partial charge on any atom is 0.417 e. The number of piperidine rings is 1. The molecule has 1 N–H and O–H groups in total. The van der Waals surface area contributed by atoms with Gasteiger partial charge >= 0.3 is 6.18 Å². The number of hydrogen-bond donors (Lipinski definition) is 1. The van der Waals surface area contributed by atoms with Gasteiger partial charge in [-0.15, -0.1) is 0 Å². The van der Waals surface area contributed by atoms with E-state index in [0.29, 0.717) is 31.5 Å². The van der Waals surface area contributed by atoms with Gasteiger partial charge in [0, 0.05) is 24.7 Å². The van der Waals surface area contributed by atoms with Crippen LogP contribution in [0.5, 0.6) is 0 Å². The highest BCUT2D eigenvalue weighted by Gasteiger charge is 2.35. The number of nitrogens with one attached hydrogen (secondary N) is 1. The summed E-state index contributed by atoms with van der Waals surface area (Å²) >= 11 is 0. The van der Waals surface area contributed by atoms with Gasteiger partial charge in [-0.25, -0.2) is 0 Å². The molecule has 0 unspecified atom stereocenters. The zero-order valence-electron chi connectivity index (χ0n) is 14.5. The Hall–Kier alpha value is -2.83. The van der Waals surface area contributed by atoms with Crippen molar-refractivity contribution in [2.24, 2.45) is 0 Å². The predicted octanol–water partition coefficient (Wildman–Crippen LogP) is 3.74. The van der Waals surface area contributed by atoms with Crippen LogP contribution in [0.25, 0.3) is 0 Å². The molecule has 1 aliphatic rings. The first-order valence-corrected chi connectivity index (χ1v) is 8.67. The molecule has 2 aromatic rings. The van der Waals surface area contributed by atoms with Crippen LogP contribution in [0.1, 0.15) is 39.1 Å². The lowest BCUT2D eigenvalue weighted by Gasteiger charge is -2.32. The third kappa shape index (κ3) is 4.48. The number of benzene rings is 2. The van der Waals surface area contributed by atoms with Crippen molar-refractivity contribution in [3.63, 3.8) is 0 Å². The van der Waals surface area contributed by atoms with Crippen molar-refractivity contribution < 1.29 is 22.8 Å². The van der Waals surface area contributed by atoms with Gasteiger partial charge in [0.25, 0.3) is 11.8 Å². The number of likely N-dealkylation sites (tertiary alicyclic amines) is 1. The molecule has 0 spiro atoms. The first-order chi connectivity index (χ1) is 12.9. The number of hydrogen-bond acceptors (Lipinski definition) is 2. The third-order valence-electron chi connectivity index (χ3n) is 4.62. The average Bonchev–Trinajstić information content (AvgIpc) is 2.68. The fourth-order valence-electron chi connectivity index (χ4n) is 3.18. The number of alkyl halides is 3. The Morgan fingerprint density at radius 1 is 0.926 bits per heavy atom. The van der Waals surface area contributed by atoms with Crippen LogP contribution in [0.2, 0.25) is 0 Å². The third-order valence-corrected chi connectivity index (χ3v) is 4.62. The molecule has 4 nitrogen and oxygen atoms in total. The van der Waals surface area contributed by atoms with Crippen LogP contribution in [0.4, 0.5) is 13.2 Å². The Morgan fingerprint density at radius 2 is 1.52 bits per heavy atom. The summed E-state index contributed by atoms with van der Waals surface area (Å²) in [4.78, 5) is 26.4. The Morgan fingerprint density at radius 3 is 2.15 bits per heavy atom. The second kappa shape index (κ2) is 7.82. The first-order valence-electron chi connectivity index (χ1n) is 8.67. The lowest BCUT2D eigenvalue weighted by atomic mass is 10.0. The molecular formula is C20H19F3N2O2. The summed E-state index contributed by atoms with van der Waals surface area (Å²) < 4.78 is 39.2. The van der Waals surface area contributed by atoms with Crippen molar-refractivity contribution in [3.05, 3.63) is 71.3 Å². The van der Waals surface area contributed by atoms with E-state index >= 15 is 0 Å². The van der Waals surface area contributed by atoms with Gasteiger partial charge in [-0.3, -0.25) is 9.59 Å². The molecular weight excluding hydrogens is 357 g/mol. The van der Waals surface area contributed by atoms with Gasteiger partial charge in [0.1, 0.15) is 0 Å². The van der Waals surface area contributed by atoms with Crippen molar-refractivity contribution >= 4 is 11.8 Å². The van der Waals surface area contributed by atoms with E-state index in [1.54, 1.807) is 29.2 Å². The molecule has 7 heteroatoms. The minimum atomic E-state index is -4.58. The Labute approximate surface area is 155 Å². The first kappa shape index (κ1) is 18.9. The summed E-state index contributed by atoms with van der Waals surface area (Å²) in [7, 11) is 0. The number of rotatable bonds is 3. The smallest absolute Gasteiger partial charge is 0.349 e. The molecule has 0 bridgehead atoms. The molecule has 2 aromatic carbocycles. The van der Waals surface area contributed by atoms with Crippen molar-refractivity contribution in [2.75, 3.05) is 13.1 Å². The van der Waals surface area contributed by atoms with Gasteiger partial charge in [-0.1, -0.05) is 30.3 Å². The van der Waals surface area contributed by atoms with Crippen LogP contribution < -0.4 is 5.32 Å². The van der Waals surface area contributed by atoms with E-state index in [1.807, 2.05) is 6.07 Å². The highest BCUT2D eigenvalue weighted by atomic mass is 19.4. The van der Waals surface area contributed by atoms with Crippen LogP contribution in [-0.2, 0) is 6.18 Å². The minimum absolute atomic E-state index is 0.0807. The molecule has 0 aliphatic carbocycles. The molecule has 142 valence electrons. The van der Waals surface area contributed by atoms with Gasteiger partial charge in [0.05, 0.1) is 11.1 Å². The van der Waals surface area contributed by atoms with Crippen LogP contribution in [0, 0.1) is 0 Å². The van der Waals surface area contributed by atoms with E-state index < -0.39 is 17.6 Å². The Kier molecular flexibility index (Phi) is 5.48. The quantitative estimate of drug-likeness (QED) is 0.887. The summed E-state index contributed by atoms with van der Waals surface area (Å²) in [5, 5.41) is 2.67. The molecule has 0 aromatic heterocycles. The molecule has 1 heterocycles. The van der Waals surface area contributed by atoms with Crippen LogP contribution in [0.15, 0.2) is 54.6 Å². The number of halogens is 3. The van der Waals surface area contributed by atoms with Gasteiger partial charge < -0.3 is 10.2 Å². The van der Waals surface area contributed by atoms with E-state index in [-0.39, 0.29) is 17.5 Å². The largest absolute Gasteiger partial charge is 0.417 e. The molecule has 3 rings (SSSR count). The minimum Gasteiger partial charge on any atom is -0.349 e. The standard InChI is InChI=1S/C20H19F3N2O2/c21-20(22,23)17-9-5-4-8-16(17)18(26)24-15-10-12-25(13-11-15)19(27)14-6-2-1-3-7-14/h1-9,15H,10-13H2,(H,24,26). The van der Waals surface area contributed by atoms with Gasteiger partial charge in [0.2, 0.25) is 0 Å². The monoisotopic (exact) mass is 376 g/mol. The van der Waals surface area contributed by atoms with Crippen molar-refractivity contribution in [2.45, 2.75) is 25.1 Å². The topological polar surface area (TPSA) is 49.4 Å². The fourth-order valence-corrected chi connectivity index (χ4v) is 3.18. The van der Waals surface area contributed by atoms with E-state index in [0.717, 1.165) is 6.07 Å². The maximum atomic E-state index is 13.1. The summed E-state index contributed by atoms with van der Waals surface area (Å²) in [6, 6.07) is 13.4.